The van der Waals surface area contributed by atoms with Crippen molar-refractivity contribution in [1.82, 2.24) is 10.6 Å². The molecule has 0 aromatic heterocycles. The topological polar surface area (TPSA) is 83.0 Å². The molecule has 0 saturated carbocycles. The lowest BCUT2D eigenvalue weighted by Crippen LogP contribution is -2.35. The minimum atomic E-state index is -0.532. The van der Waals surface area contributed by atoms with Gasteiger partial charge in [-0.1, -0.05) is 52.0 Å². The van der Waals surface area contributed by atoms with Gasteiger partial charge in [-0.15, -0.1) is 12.4 Å². The lowest BCUT2D eigenvalue weighted by Gasteiger charge is -2.15. The molecule has 0 heterocycles. The monoisotopic (exact) mass is 466 g/mol. The van der Waals surface area contributed by atoms with E-state index >= 15 is 0 Å². The number of hydrogen-bond donors (Lipinski definition) is 4. The van der Waals surface area contributed by atoms with E-state index in [2.05, 4.69) is 10.6 Å². The molecule has 0 radical (unpaired) electrons. The van der Waals surface area contributed by atoms with E-state index in [9.17, 15) is 10.2 Å². The molecule has 2 aromatic carbocycles. The Morgan fingerprint density at radius 3 is 1.31 bits per heavy atom. The summed E-state index contributed by atoms with van der Waals surface area (Å²) in [6, 6.07) is 16.6. The van der Waals surface area contributed by atoms with Crippen LogP contribution in [0.15, 0.2) is 48.5 Å². The zero-order valence-electron chi connectivity index (χ0n) is 19.6. The summed E-state index contributed by atoms with van der Waals surface area (Å²) in [7, 11) is 0. The molecular formula is C25H39ClN2O4. The number of halogens is 1. The smallest absolute Gasteiger partial charge is 0.119 e. The Hall–Kier alpha value is -1.83. The van der Waals surface area contributed by atoms with Gasteiger partial charge in [0.1, 0.15) is 36.9 Å². The summed E-state index contributed by atoms with van der Waals surface area (Å²) in [5, 5.41) is 26.2. The van der Waals surface area contributed by atoms with E-state index in [0.29, 0.717) is 25.2 Å². The quantitative estimate of drug-likeness (QED) is 0.342. The first-order chi connectivity index (χ1) is 14.8. The Labute approximate surface area is 198 Å². The molecule has 0 aliphatic heterocycles. The molecule has 0 amide bonds. The van der Waals surface area contributed by atoms with Crippen molar-refractivity contribution in [2.75, 3.05) is 26.3 Å². The summed E-state index contributed by atoms with van der Waals surface area (Å²) in [6.07, 6.45) is -0.256. The maximum absolute atomic E-state index is 9.93. The molecule has 2 unspecified atom stereocenters. The van der Waals surface area contributed by atoms with Gasteiger partial charge in [0.2, 0.25) is 0 Å². The lowest BCUT2D eigenvalue weighted by molar-refractivity contribution is 0.104. The third-order valence-corrected chi connectivity index (χ3v) is 4.66. The van der Waals surface area contributed by atoms with E-state index in [1.165, 1.54) is 11.1 Å². The highest BCUT2D eigenvalue weighted by atomic mass is 35.5. The van der Waals surface area contributed by atoms with E-state index < -0.39 is 12.2 Å². The highest BCUT2D eigenvalue weighted by molar-refractivity contribution is 5.85. The first-order valence-corrected chi connectivity index (χ1v) is 11.1. The summed E-state index contributed by atoms with van der Waals surface area (Å²) in [5.41, 5.74) is 2.36. The third kappa shape index (κ3) is 11.7. The maximum Gasteiger partial charge on any atom is 0.119 e. The Morgan fingerprint density at radius 2 is 1.00 bits per heavy atom. The zero-order valence-corrected chi connectivity index (χ0v) is 20.4. The van der Waals surface area contributed by atoms with Gasteiger partial charge in [-0.05, 0) is 41.8 Å². The minimum Gasteiger partial charge on any atom is -0.491 e. The molecule has 32 heavy (non-hydrogen) atoms. The van der Waals surface area contributed by atoms with Gasteiger partial charge < -0.3 is 30.3 Å². The molecule has 0 bridgehead atoms. The summed E-state index contributed by atoms with van der Waals surface area (Å²) in [5.74, 6) is 1.50. The molecule has 2 aromatic rings. The van der Waals surface area contributed by atoms with Crippen molar-refractivity contribution in [1.29, 1.82) is 0 Å². The molecule has 0 fully saturated rings. The molecule has 7 heteroatoms. The summed E-state index contributed by atoms with van der Waals surface area (Å²) in [4.78, 5) is 0. The van der Waals surface area contributed by atoms with E-state index in [1.807, 2.05) is 76.2 Å². The fourth-order valence-electron chi connectivity index (χ4n) is 2.89. The standard InChI is InChI=1S/C25H38N2O4.ClH/c1-18(2)26-14-22(28)16-30-24-9-5-20(6-10-24)13-21-7-11-25(12-8-21)31-17-23(29)15-27-19(3)4;/h5-12,18-19,22-23,26-29H,13-17H2,1-4H3;1H. The fourth-order valence-corrected chi connectivity index (χ4v) is 2.89. The van der Waals surface area contributed by atoms with Crippen LogP contribution in [0, 0.1) is 0 Å². The first kappa shape index (κ1) is 28.2. The van der Waals surface area contributed by atoms with Crippen molar-refractivity contribution < 1.29 is 19.7 Å². The van der Waals surface area contributed by atoms with Crippen LogP contribution in [-0.2, 0) is 6.42 Å². The number of aliphatic hydroxyl groups excluding tert-OH is 2. The third-order valence-electron chi connectivity index (χ3n) is 4.66. The van der Waals surface area contributed by atoms with Crippen molar-refractivity contribution in [2.24, 2.45) is 0 Å². The second kappa shape index (κ2) is 15.1. The summed E-state index contributed by atoms with van der Waals surface area (Å²) < 4.78 is 11.3. The molecule has 180 valence electrons. The Morgan fingerprint density at radius 1 is 0.656 bits per heavy atom. The lowest BCUT2D eigenvalue weighted by atomic mass is 10.0. The molecular weight excluding hydrogens is 428 g/mol. The van der Waals surface area contributed by atoms with Gasteiger partial charge in [-0.25, -0.2) is 0 Å². The van der Waals surface area contributed by atoms with Gasteiger partial charge in [0.25, 0.3) is 0 Å². The molecule has 0 spiro atoms. The van der Waals surface area contributed by atoms with Crippen LogP contribution in [0.5, 0.6) is 11.5 Å². The SMILES string of the molecule is CC(C)NCC(O)COc1ccc(Cc2ccc(OCC(O)CNC(C)C)cc2)cc1.Cl. The number of nitrogens with one attached hydrogen (secondary N) is 2. The van der Waals surface area contributed by atoms with Crippen LogP contribution in [-0.4, -0.2) is 60.8 Å². The largest absolute Gasteiger partial charge is 0.491 e. The van der Waals surface area contributed by atoms with Gasteiger partial charge in [-0.2, -0.15) is 0 Å². The molecule has 0 aliphatic rings. The average molecular weight is 467 g/mol. The maximum atomic E-state index is 9.93. The van der Waals surface area contributed by atoms with E-state index in [-0.39, 0.29) is 25.6 Å². The van der Waals surface area contributed by atoms with Gasteiger partial charge in [0.15, 0.2) is 0 Å². The molecule has 0 saturated heterocycles. The predicted molar refractivity (Wildman–Crippen MR) is 132 cm³/mol. The highest BCUT2D eigenvalue weighted by Crippen LogP contribution is 2.18. The van der Waals surface area contributed by atoms with Gasteiger partial charge >= 0.3 is 0 Å². The predicted octanol–water partition coefficient (Wildman–Crippen LogP) is 3.17. The van der Waals surface area contributed by atoms with Crippen LogP contribution in [0.25, 0.3) is 0 Å². The van der Waals surface area contributed by atoms with E-state index in [0.717, 1.165) is 17.9 Å². The number of benzene rings is 2. The molecule has 6 nitrogen and oxygen atoms in total. The van der Waals surface area contributed by atoms with Crippen molar-refractivity contribution in [3.63, 3.8) is 0 Å². The Balaban J connectivity index is 0.00000512. The first-order valence-electron chi connectivity index (χ1n) is 11.1. The van der Waals surface area contributed by atoms with Crippen molar-refractivity contribution in [2.45, 2.75) is 58.4 Å². The fraction of sp³-hybridized carbons (Fsp3) is 0.520. The average Bonchev–Trinajstić information content (AvgIpc) is 2.75. The van der Waals surface area contributed by atoms with E-state index in [1.54, 1.807) is 0 Å². The highest BCUT2D eigenvalue weighted by Gasteiger charge is 2.07. The van der Waals surface area contributed by atoms with Crippen LogP contribution in [0.2, 0.25) is 0 Å². The number of ether oxygens (including phenoxy) is 2. The normalized spacial score (nSPS) is 13.0. The van der Waals surface area contributed by atoms with Crippen molar-refractivity contribution in [3.8, 4) is 11.5 Å². The van der Waals surface area contributed by atoms with Crippen molar-refractivity contribution >= 4 is 12.4 Å². The van der Waals surface area contributed by atoms with Gasteiger partial charge in [0.05, 0.1) is 0 Å². The van der Waals surface area contributed by atoms with Crippen LogP contribution in [0.3, 0.4) is 0 Å². The second-order valence-electron chi connectivity index (χ2n) is 8.52. The molecule has 2 atom stereocenters. The van der Waals surface area contributed by atoms with Gasteiger partial charge in [-0.3, -0.25) is 0 Å². The van der Waals surface area contributed by atoms with Crippen LogP contribution >= 0.6 is 12.4 Å². The number of rotatable bonds is 14. The molecule has 0 aliphatic carbocycles. The number of aliphatic hydroxyl groups is 2. The minimum absolute atomic E-state index is 0. The number of hydrogen-bond acceptors (Lipinski definition) is 6. The van der Waals surface area contributed by atoms with Gasteiger partial charge in [0, 0.05) is 25.2 Å². The molecule has 4 N–H and O–H groups in total. The van der Waals surface area contributed by atoms with Crippen molar-refractivity contribution in [3.05, 3.63) is 59.7 Å². The van der Waals surface area contributed by atoms with Crippen LogP contribution in [0.1, 0.15) is 38.8 Å². The van der Waals surface area contributed by atoms with E-state index in [4.69, 9.17) is 9.47 Å². The van der Waals surface area contributed by atoms with Crippen LogP contribution in [0.4, 0.5) is 0 Å². The second-order valence-corrected chi connectivity index (χ2v) is 8.52. The Bertz CT molecular complexity index is 675. The summed E-state index contributed by atoms with van der Waals surface area (Å²) in [6.45, 7) is 9.75. The zero-order chi connectivity index (χ0) is 22.6. The summed E-state index contributed by atoms with van der Waals surface area (Å²) >= 11 is 0. The molecule has 2 rings (SSSR count). The Kier molecular flexibility index (Phi) is 13.3. The van der Waals surface area contributed by atoms with Crippen LogP contribution < -0.4 is 20.1 Å².